The number of aromatic nitrogens is 1. The Balaban J connectivity index is 1.81. The van der Waals surface area contributed by atoms with Crippen molar-refractivity contribution in [2.24, 2.45) is 0 Å². The SMILES string of the molecule is Cc1ccc(CNC(=O)c2c(-c3ccc(Cl)s3)noc2N)o1. The van der Waals surface area contributed by atoms with E-state index in [-0.39, 0.29) is 23.9 Å². The van der Waals surface area contributed by atoms with Crippen molar-refractivity contribution in [3.63, 3.8) is 0 Å². The highest BCUT2D eigenvalue weighted by Crippen LogP contribution is 2.34. The molecule has 3 heterocycles. The van der Waals surface area contributed by atoms with E-state index in [4.69, 9.17) is 26.3 Å². The normalized spacial score (nSPS) is 10.8. The van der Waals surface area contributed by atoms with E-state index >= 15 is 0 Å². The van der Waals surface area contributed by atoms with Gasteiger partial charge in [-0.2, -0.15) is 0 Å². The van der Waals surface area contributed by atoms with Crippen LogP contribution in [-0.2, 0) is 6.54 Å². The number of nitrogens with two attached hydrogens (primary N) is 1. The van der Waals surface area contributed by atoms with Crippen molar-refractivity contribution in [2.45, 2.75) is 13.5 Å². The number of aryl methyl sites for hydroxylation is 1. The fourth-order valence-corrected chi connectivity index (χ4v) is 3.00. The molecule has 0 unspecified atom stereocenters. The molecule has 0 aliphatic carbocycles. The summed E-state index contributed by atoms with van der Waals surface area (Å²) in [7, 11) is 0. The Morgan fingerprint density at radius 1 is 1.41 bits per heavy atom. The third kappa shape index (κ3) is 2.86. The second-order valence-corrected chi connectivity index (χ2v) is 6.28. The number of carbonyl (C=O) groups excluding carboxylic acids is 1. The van der Waals surface area contributed by atoms with Gasteiger partial charge in [0, 0.05) is 0 Å². The third-order valence-corrected chi connectivity index (χ3v) is 4.21. The van der Waals surface area contributed by atoms with E-state index in [1.54, 1.807) is 18.2 Å². The molecule has 8 heteroatoms. The van der Waals surface area contributed by atoms with Gasteiger partial charge >= 0.3 is 0 Å². The van der Waals surface area contributed by atoms with Crippen molar-refractivity contribution in [3.05, 3.63) is 45.7 Å². The van der Waals surface area contributed by atoms with E-state index in [1.165, 1.54) is 11.3 Å². The lowest BCUT2D eigenvalue weighted by atomic mass is 10.2. The summed E-state index contributed by atoms with van der Waals surface area (Å²) >= 11 is 7.20. The molecule has 0 aromatic carbocycles. The number of nitrogens with zero attached hydrogens (tertiary/aromatic N) is 1. The van der Waals surface area contributed by atoms with Crippen LogP contribution in [0.5, 0.6) is 0 Å². The zero-order valence-corrected chi connectivity index (χ0v) is 13.1. The summed E-state index contributed by atoms with van der Waals surface area (Å²) in [5.74, 6) is 1.02. The molecule has 3 N–H and O–H groups in total. The van der Waals surface area contributed by atoms with Crippen molar-refractivity contribution < 1.29 is 13.7 Å². The fourth-order valence-electron chi connectivity index (χ4n) is 1.97. The van der Waals surface area contributed by atoms with Crippen LogP contribution in [0.4, 0.5) is 5.88 Å². The number of amides is 1. The second-order valence-electron chi connectivity index (χ2n) is 4.57. The monoisotopic (exact) mass is 337 g/mol. The topological polar surface area (TPSA) is 94.3 Å². The predicted octanol–water partition coefficient (Wildman–Crippen LogP) is 3.47. The summed E-state index contributed by atoms with van der Waals surface area (Å²) in [6.45, 7) is 2.09. The van der Waals surface area contributed by atoms with Crippen molar-refractivity contribution in [3.8, 4) is 10.6 Å². The molecule has 3 rings (SSSR count). The molecule has 0 spiro atoms. The maximum atomic E-state index is 12.3. The summed E-state index contributed by atoms with van der Waals surface area (Å²) in [6, 6.07) is 7.11. The number of furan rings is 1. The highest BCUT2D eigenvalue weighted by Gasteiger charge is 2.23. The van der Waals surface area contributed by atoms with E-state index in [1.807, 2.05) is 13.0 Å². The average molecular weight is 338 g/mol. The predicted molar refractivity (Wildman–Crippen MR) is 83.9 cm³/mol. The Morgan fingerprint density at radius 3 is 2.86 bits per heavy atom. The Hall–Kier alpha value is -2.25. The van der Waals surface area contributed by atoms with Gasteiger partial charge in [0.2, 0.25) is 5.88 Å². The molecule has 114 valence electrons. The molecule has 0 radical (unpaired) electrons. The number of nitrogens with one attached hydrogen (secondary N) is 1. The van der Waals surface area contributed by atoms with Gasteiger partial charge in [-0.3, -0.25) is 4.79 Å². The molecular weight excluding hydrogens is 326 g/mol. The molecule has 0 bridgehead atoms. The average Bonchev–Trinajstić information content (AvgIpc) is 3.17. The molecule has 0 atom stereocenters. The van der Waals surface area contributed by atoms with Gasteiger partial charge in [0.1, 0.15) is 22.8 Å². The van der Waals surface area contributed by atoms with E-state index in [0.717, 1.165) is 5.76 Å². The van der Waals surface area contributed by atoms with E-state index in [2.05, 4.69) is 10.5 Å². The molecule has 0 saturated heterocycles. The first-order valence-electron chi connectivity index (χ1n) is 6.39. The van der Waals surface area contributed by atoms with E-state index in [9.17, 15) is 4.79 Å². The number of rotatable bonds is 4. The standard InChI is InChI=1S/C14H12ClN3O3S/c1-7-2-3-8(20-7)6-17-14(19)11-12(18-21-13(11)16)9-4-5-10(15)22-9/h2-5H,6,16H2,1H3,(H,17,19). The highest BCUT2D eigenvalue weighted by molar-refractivity contribution is 7.19. The molecule has 3 aromatic rings. The second kappa shape index (κ2) is 5.86. The lowest BCUT2D eigenvalue weighted by Gasteiger charge is -2.03. The van der Waals surface area contributed by atoms with Gasteiger partial charge in [-0.1, -0.05) is 16.8 Å². The summed E-state index contributed by atoms with van der Waals surface area (Å²) in [6.07, 6.45) is 0. The smallest absolute Gasteiger partial charge is 0.259 e. The molecule has 3 aromatic heterocycles. The van der Waals surface area contributed by atoms with Gasteiger partial charge in [0.15, 0.2) is 0 Å². The van der Waals surface area contributed by atoms with Crippen LogP contribution in [0.2, 0.25) is 4.34 Å². The van der Waals surface area contributed by atoms with Gasteiger partial charge in [0.25, 0.3) is 5.91 Å². The fraction of sp³-hybridized carbons (Fsp3) is 0.143. The zero-order chi connectivity index (χ0) is 15.7. The lowest BCUT2D eigenvalue weighted by Crippen LogP contribution is -2.23. The third-order valence-electron chi connectivity index (χ3n) is 2.97. The van der Waals surface area contributed by atoms with Crippen molar-refractivity contribution in [1.82, 2.24) is 10.5 Å². The maximum Gasteiger partial charge on any atom is 0.259 e. The Bertz CT molecular complexity index is 821. The van der Waals surface area contributed by atoms with Crippen molar-refractivity contribution >= 4 is 34.7 Å². The van der Waals surface area contributed by atoms with Crippen LogP contribution in [0.15, 0.2) is 33.2 Å². The largest absolute Gasteiger partial charge is 0.465 e. The number of halogens is 1. The quantitative estimate of drug-likeness (QED) is 0.760. The molecule has 6 nitrogen and oxygen atoms in total. The van der Waals surface area contributed by atoms with Crippen LogP contribution in [0, 0.1) is 6.92 Å². The molecule has 0 aliphatic heterocycles. The highest BCUT2D eigenvalue weighted by atomic mass is 35.5. The van der Waals surface area contributed by atoms with Crippen LogP contribution < -0.4 is 11.1 Å². The molecule has 0 fully saturated rings. The molecule has 0 saturated carbocycles. The minimum Gasteiger partial charge on any atom is -0.465 e. The van der Waals surface area contributed by atoms with Crippen molar-refractivity contribution in [2.75, 3.05) is 5.73 Å². The van der Waals surface area contributed by atoms with Crippen LogP contribution in [-0.4, -0.2) is 11.1 Å². The van der Waals surface area contributed by atoms with E-state index in [0.29, 0.717) is 20.7 Å². The number of hydrogen-bond acceptors (Lipinski definition) is 6. The van der Waals surface area contributed by atoms with Gasteiger partial charge in [-0.25, -0.2) is 0 Å². The first-order valence-corrected chi connectivity index (χ1v) is 7.58. The number of hydrogen-bond donors (Lipinski definition) is 2. The number of thiophene rings is 1. The Kier molecular flexibility index (Phi) is 3.91. The molecule has 0 aliphatic rings. The summed E-state index contributed by atoms with van der Waals surface area (Å²) in [4.78, 5) is 13.1. The van der Waals surface area contributed by atoms with Gasteiger partial charge in [-0.05, 0) is 31.2 Å². The van der Waals surface area contributed by atoms with Crippen LogP contribution >= 0.6 is 22.9 Å². The van der Waals surface area contributed by atoms with Crippen LogP contribution in [0.1, 0.15) is 21.9 Å². The molecule has 22 heavy (non-hydrogen) atoms. The van der Waals surface area contributed by atoms with E-state index < -0.39 is 0 Å². The number of carbonyl (C=O) groups is 1. The minimum absolute atomic E-state index is 0.0346. The van der Waals surface area contributed by atoms with Gasteiger partial charge < -0.3 is 20.0 Å². The molecule has 1 amide bonds. The first kappa shape index (κ1) is 14.7. The Labute approximate surface area is 134 Å². The van der Waals surface area contributed by atoms with Gasteiger partial charge in [-0.15, -0.1) is 11.3 Å². The number of anilines is 1. The van der Waals surface area contributed by atoms with Crippen LogP contribution in [0.3, 0.4) is 0 Å². The summed E-state index contributed by atoms with van der Waals surface area (Å²) in [5.41, 5.74) is 6.29. The number of nitrogen functional groups attached to an aromatic ring is 1. The van der Waals surface area contributed by atoms with Crippen molar-refractivity contribution in [1.29, 1.82) is 0 Å². The maximum absolute atomic E-state index is 12.3. The van der Waals surface area contributed by atoms with Gasteiger partial charge in [0.05, 0.1) is 15.8 Å². The summed E-state index contributed by atoms with van der Waals surface area (Å²) < 4.78 is 10.9. The summed E-state index contributed by atoms with van der Waals surface area (Å²) in [5, 5.41) is 6.58. The molecular formula is C14H12ClN3O3S. The zero-order valence-electron chi connectivity index (χ0n) is 11.6. The lowest BCUT2D eigenvalue weighted by molar-refractivity contribution is 0.0949. The van der Waals surface area contributed by atoms with Crippen LogP contribution in [0.25, 0.3) is 10.6 Å². The Morgan fingerprint density at radius 2 is 2.23 bits per heavy atom. The first-order chi connectivity index (χ1) is 10.5. The minimum atomic E-state index is -0.382.